The summed E-state index contributed by atoms with van der Waals surface area (Å²) in [4.78, 5) is 0. The van der Waals surface area contributed by atoms with Crippen molar-refractivity contribution in [2.24, 2.45) is 0 Å². The van der Waals surface area contributed by atoms with Crippen molar-refractivity contribution in [1.82, 2.24) is 3.11 Å². The number of benzene rings is 1. The van der Waals surface area contributed by atoms with Crippen LogP contribution in [-0.2, 0) is 0 Å². The first-order valence-corrected chi connectivity index (χ1v) is 5.97. The van der Waals surface area contributed by atoms with E-state index in [9.17, 15) is 0 Å². The molecule has 14 heavy (non-hydrogen) atoms. The van der Waals surface area contributed by atoms with E-state index in [4.69, 9.17) is 4.74 Å². The monoisotopic (exact) mass is 301 g/mol. The molecule has 2 unspecified atom stereocenters. The molecule has 0 spiro atoms. The molecule has 2 aliphatic heterocycles. The molecule has 0 N–H and O–H groups in total. The van der Waals surface area contributed by atoms with Crippen LogP contribution in [0.4, 0.5) is 0 Å². The van der Waals surface area contributed by atoms with E-state index in [0.29, 0.717) is 12.0 Å². The fourth-order valence-corrected chi connectivity index (χ4v) is 3.30. The Labute approximate surface area is 97.7 Å². The van der Waals surface area contributed by atoms with Gasteiger partial charge in [-0.15, -0.1) is 0 Å². The zero-order valence-corrected chi connectivity index (χ0v) is 9.98. The van der Waals surface area contributed by atoms with Gasteiger partial charge in [0, 0.05) is 35.3 Å². The number of hydrogen-bond donors (Lipinski definition) is 0. The summed E-state index contributed by atoms with van der Waals surface area (Å²) in [5.41, 5.74) is 1.41. The molecule has 0 radical (unpaired) electrons. The molecule has 0 bridgehead atoms. The maximum atomic E-state index is 5.76. The van der Waals surface area contributed by atoms with Gasteiger partial charge in [0.2, 0.25) is 0 Å². The van der Waals surface area contributed by atoms with Crippen molar-refractivity contribution in [2.75, 3.05) is 13.2 Å². The summed E-state index contributed by atoms with van der Waals surface area (Å²) in [5.74, 6) is 1.79. The van der Waals surface area contributed by atoms with Gasteiger partial charge in [0.25, 0.3) is 0 Å². The van der Waals surface area contributed by atoms with Crippen molar-refractivity contribution in [3.05, 3.63) is 29.8 Å². The molecule has 3 heteroatoms. The summed E-state index contributed by atoms with van der Waals surface area (Å²) in [6, 6.07) is 9.05. The third-order valence-corrected chi connectivity index (χ3v) is 4.40. The highest BCUT2D eigenvalue weighted by Gasteiger charge is 2.38. The first kappa shape index (κ1) is 8.97. The van der Waals surface area contributed by atoms with Crippen molar-refractivity contribution in [3.8, 4) is 5.75 Å². The van der Waals surface area contributed by atoms with E-state index in [-0.39, 0.29) is 0 Å². The minimum absolute atomic E-state index is 0.588. The number of nitrogens with zero attached hydrogens (tertiary/aromatic N) is 1. The van der Waals surface area contributed by atoms with Crippen LogP contribution in [0.25, 0.3) is 0 Å². The maximum absolute atomic E-state index is 5.76. The topological polar surface area (TPSA) is 12.5 Å². The van der Waals surface area contributed by atoms with Crippen molar-refractivity contribution >= 4 is 22.9 Å². The number of rotatable bonds is 0. The summed E-state index contributed by atoms with van der Waals surface area (Å²) in [5, 5.41) is 0. The molecule has 1 aromatic rings. The largest absolute Gasteiger partial charge is 0.492 e. The molecular weight excluding hydrogens is 289 g/mol. The van der Waals surface area contributed by atoms with Gasteiger partial charge in [-0.2, -0.15) is 0 Å². The van der Waals surface area contributed by atoms with Crippen LogP contribution in [0.2, 0.25) is 0 Å². The van der Waals surface area contributed by atoms with Gasteiger partial charge < -0.3 is 4.74 Å². The van der Waals surface area contributed by atoms with Crippen LogP contribution in [0.3, 0.4) is 0 Å². The second-order valence-electron chi connectivity index (χ2n) is 3.93. The highest BCUT2D eigenvalue weighted by atomic mass is 127. The first-order chi connectivity index (χ1) is 6.86. The lowest BCUT2D eigenvalue weighted by atomic mass is 9.90. The Morgan fingerprint density at radius 3 is 3.14 bits per heavy atom. The zero-order chi connectivity index (χ0) is 9.54. The van der Waals surface area contributed by atoms with Gasteiger partial charge in [0.15, 0.2) is 0 Å². The van der Waals surface area contributed by atoms with Crippen LogP contribution in [-0.4, -0.2) is 22.3 Å². The lowest BCUT2D eigenvalue weighted by Gasteiger charge is -2.30. The van der Waals surface area contributed by atoms with Crippen LogP contribution in [0, 0.1) is 0 Å². The number of fused-ring (bicyclic) bond motifs is 3. The summed E-state index contributed by atoms with van der Waals surface area (Å²) in [6.07, 6.45) is 1.27. The second kappa shape index (κ2) is 3.38. The summed E-state index contributed by atoms with van der Waals surface area (Å²) >= 11 is 2.42. The van der Waals surface area contributed by atoms with Gasteiger partial charge in [-0.05, 0) is 18.1 Å². The van der Waals surface area contributed by atoms with Crippen molar-refractivity contribution in [2.45, 2.75) is 18.4 Å². The van der Waals surface area contributed by atoms with E-state index in [2.05, 4.69) is 50.2 Å². The molecule has 1 saturated heterocycles. The van der Waals surface area contributed by atoms with E-state index < -0.39 is 0 Å². The Morgan fingerprint density at radius 2 is 2.21 bits per heavy atom. The van der Waals surface area contributed by atoms with Crippen molar-refractivity contribution in [1.29, 1.82) is 0 Å². The predicted molar refractivity (Wildman–Crippen MR) is 63.8 cm³/mol. The van der Waals surface area contributed by atoms with Crippen LogP contribution < -0.4 is 4.74 Å². The molecule has 2 aliphatic rings. The average Bonchev–Trinajstić information content (AvgIpc) is 2.61. The molecule has 2 atom stereocenters. The molecule has 1 fully saturated rings. The van der Waals surface area contributed by atoms with Gasteiger partial charge in [-0.1, -0.05) is 18.2 Å². The van der Waals surface area contributed by atoms with Gasteiger partial charge >= 0.3 is 0 Å². The highest BCUT2D eigenvalue weighted by molar-refractivity contribution is 14.1. The highest BCUT2D eigenvalue weighted by Crippen LogP contribution is 2.42. The lowest BCUT2D eigenvalue weighted by Crippen LogP contribution is -2.34. The van der Waals surface area contributed by atoms with E-state index >= 15 is 0 Å². The van der Waals surface area contributed by atoms with Gasteiger partial charge in [0.05, 0.1) is 6.04 Å². The number of ether oxygens (including phenoxy) is 1. The van der Waals surface area contributed by atoms with Crippen LogP contribution >= 0.6 is 22.9 Å². The maximum Gasteiger partial charge on any atom is 0.122 e. The molecular formula is C11H12INO. The predicted octanol–water partition coefficient (Wildman–Crippen LogP) is 2.59. The van der Waals surface area contributed by atoms with Gasteiger partial charge in [-0.25, -0.2) is 3.11 Å². The summed E-state index contributed by atoms with van der Waals surface area (Å²) < 4.78 is 8.15. The van der Waals surface area contributed by atoms with Crippen LogP contribution in [0.5, 0.6) is 5.75 Å². The fraction of sp³-hybridized carbons (Fsp3) is 0.455. The Hall–Kier alpha value is -0.290. The molecule has 1 aromatic carbocycles. The van der Waals surface area contributed by atoms with E-state index in [1.807, 2.05) is 0 Å². The average molecular weight is 301 g/mol. The molecule has 3 rings (SSSR count). The number of para-hydroxylation sites is 1. The van der Waals surface area contributed by atoms with E-state index in [1.54, 1.807) is 0 Å². The molecule has 74 valence electrons. The normalized spacial score (nSPS) is 30.6. The van der Waals surface area contributed by atoms with Crippen LogP contribution in [0.1, 0.15) is 17.9 Å². The Balaban J connectivity index is 2.03. The molecule has 0 aromatic heterocycles. The molecule has 0 aliphatic carbocycles. The quantitative estimate of drug-likeness (QED) is 0.539. The van der Waals surface area contributed by atoms with E-state index in [0.717, 1.165) is 12.4 Å². The molecule has 2 heterocycles. The van der Waals surface area contributed by atoms with Crippen molar-refractivity contribution in [3.63, 3.8) is 0 Å². The smallest absolute Gasteiger partial charge is 0.122 e. The van der Waals surface area contributed by atoms with Crippen LogP contribution in [0.15, 0.2) is 24.3 Å². The fourth-order valence-electron chi connectivity index (χ4n) is 2.47. The third kappa shape index (κ3) is 1.26. The lowest BCUT2D eigenvalue weighted by molar-refractivity contribution is 0.213. The Kier molecular flexibility index (Phi) is 2.17. The van der Waals surface area contributed by atoms with Gasteiger partial charge in [0.1, 0.15) is 12.4 Å². The first-order valence-electron chi connectivity index (χ1n) is 5.00. The van der Waals surface area contributed by atoms with E-state index in [1.165, 1.54) is 18.5 Å². The SMILES string of the molecule is IN1CCC2c3ccccc3OCC21. The summed E-state index contributed by atoms with van der Waals surface area (Å²) in [6.45, 7) is 2.04. The summed E-state index contributed by atoms with van der Waals surface area (Å²) in [7, 11) is 0. The molecule has 0 amide bonds. The Bertz CT molecular complexity index is 355. The minimum Gasteiger partial charge on any atom is -0.492 e. The zero-order valence-electron chi connectivity index (χ0n) is 7.82. The number of halogens is 1. The van der Waals surface area contributed by atoms with Crippen molar-refractivity contribution < 1.29 is 4.74 Å². The Morgan fingerprint density at radius 1 is 1.36 bits per heavy atom. The number of hydrogen-bond acceptors (Lipinski definition) is 2. The standard InChI is InChI=1S/C11H12INO/c12-13-6-5-8-9-3-1-2-4-11(9)14-7-10(8)13/h1-4,8,10H,5-7H2. The molecule has 0 saturated carbocycles. The minimum atomic E-state index is 0.588. The molecule has 2 nitrogen and oxygen atoms in total. The third-order valence-electron chi connectivity index (χ3n) is 3.21. The van der Waals surface area contributed by atoms with Gasteiger partial charge in [-0.3, -0.25) is 0 Å². The second-order valence-corrected chi connectivity index (χ2v) is 5.17.